The Morgan fingerprint density at radius 3 is 2.45 bits per heavy atom. The molecule has 6 rings (SSSR count). The standard InChI is InChI=1S/C17H18BrN3O/c18-13-8-20-16-14(21-13)12(7-19-16)15(22)17-4-9-1-10(5-17)3-11(2-9)6-17/h7-11H,1-6H2,(H,19,20). The molecule has 4 saturated carbocycles. The van der Waals surface area contributed by atoms with Gasteiger partial charge in [0.1, 0.15) is 10.1 Å². The highest BCUT2D eigenvalue weighted by atomic mass is 79.9. The first-order valence-corrected chi connectivity index (χ1v) is 8.97. The summed E-state index contributed by atoms with van der Waals surface area (Å²) in [6.45, 7) is 0. The minimum absolute atomic E-state index is 0.117. The Balaban J connectivity index is 1.60. The molecule has 4 aliphatic rings. The van der Waals surface area contributed by atoms with E-state index >= 15 is 0 Å². The zero-order valence-electron chi connectivity index (χ0n) is 12.3. The van der Waals surface area contributed by atoms with E-state index in [0.29, 0.717) is 16.0 Å². The van der Waals surface area contributed by atoms with Crippen molar-refractivity contribution in [2.75, 3.05) is 0 Å². The van der Waals surface area contributed by atoms with Gasteiger partial charge < -0.3 is 4.98 Å². The summed E-state index contributed by atoms with van der Waals surface area (Å²) in [7, 11) is 0. The van der Waals surface area contributed by atoms with E-state index in [-0.39, 0.29) is 5.41 Å². The average Bonchev–Trinajstić information content (AvgIpc) is 2.87. The van der Waals surface area contributed by atoms with E-state index < -0.39 is 0 Å². The Morgan fingerprint density at radius 1 is 1.18 bits per heavy atom. The van der Waals surface area contributed by atoms with Crippen LogP contribution in [0.3, 0.4) is 0 Å². The van der Waals surface area contributed by atoms with Crippen LogP contribution >= 0.6 is 15.9 Å². The lowest BCUT2D eigenvalue weighted by molar-refractivity contribution is -0.0352. The summed E-state index contributed by atoms with van der Waals surface area (Å²) >= 11 is 3.37. The molecule has 0 atom stereocenters. The molecule has 0 amide bonds. The number of aromatic amines is 1. The smallest absolute Gasteiger partial charge is 0.172 e. The molecule has 4 fully saturated rings. The topological polar surface area (TPSA) is 58.6 Å². The monoisotopic (exact) mass is 359 g/mol. The van der Waals surface area contributed by atoms with Crippen molar-refractivity contribution in [2.24, 2.45) is 23.2 Å². The maximum Gasteiger partial charge on any atom is 0.172 e. The van der Waals surface area contributed by atoms with Crippen LogP contribution in [-0.4, -0.2) is 20.7 Å². The van der Waals surface area contributed by atoms with Crippen molar-refractivity contribution >= 4 is 32.9 Å². The number of carbonyl (C=O) groups is 1. The number of carbonyl (C=O) groups excluding carboxylic acids is 1. The second-order valence-corrected chi connectivity index (χ2v) is 8.43. The quantitative estimate of drug-likeness (QED) is 0.820. The summed E-state index contributed by atoms with van der Waals surface area (Å²) in [6, 6.07) is 0. The van der Waals surface area contributed by atoms with Gasteiger partial charge in [-0.25, -0.2) is 9.97 Å². The fourth-order valence-electron chi connectivity index (χ4n) is 5.72. The second kappa shape index (κ2) is 4.40. The van der Waals surface area contributed by atoms with Gasteiger partial charge in [-0.1, -0.05) is 0 Å². The van der Waals surface area contributed by atoms with Gasteiger partial charge in [0, 0.05) is 11.6 Å². The van der Waals surface area contributed by atoms with Crippen LogP contribution in [0.4, 0.5) is 0 Å². The van der Waals surface area contributed by atoms with Crippen LogP contribution in [0.25, 0.3) is 11.2 Å². The molecule has 114 valence electrons. The van der Waals surface area contributed by atoms with Crippen LogP contribution < -0.4 is 0 Å². The number of hydrogen-bond donors (Lipinski definition) is 1. The molecule has 0 aliphatic heterocycles. The molecule has 0 unspecified atom stereocenters. The lowest BCUT2D eigenvalue weighted by Gasteiger charge is -2.55. The molecule has 2 heterocycles. The summed E-state index contributed by atoms with van der Waals surface area (Å²) in [5.74, 6) is 2.64. The van der Waals surface area contributed by atoms with Crippen LogP contribution in [0.2, 0.25) is 0 Å². The molecule has 0 spiro atoms. The number of ketones is 1. The first kappa shape index (κ1) is 13.2. The fraction of sp³-hybridized carbons (Fsp3) is 0.588. The summed E-state index contributed by atoms with van der Waals surface area (Å²) in [6.07, 6.45) is 10.8. The van der Waals surface area contributed by atoms with Gasteiger partial charge >= 0.3 is 0 Å². The van der Waals surface area contributed by atoms with Crippen molar-refractivity contribution in [1.29, 1.82) is 0 Å². The molecule has 4 nitrogen and oxygen atoms in total. The van der Waals surface area contributed by atoms with E-state index in [1.54, 1.807) is 6.20 Å². The number of aromatic nitrogens is 3. The highest BCUT2D eigenvalue weighted by Gasteiger charge is 2.54. The summed E-state index contributed by atoms with van der Waals surface area (Å²) < 4.78 is 0.680. The molecule has 4 aliphatic carbocycles. The number of H-pyrrole nitrogens is 1. The van der Waals surface area contributed by atoms with Gasteiger partial charge in [-0.2, -0.15) is 0 Å². The van der Waals surface area contributed by atoms with Crippen LogP contribution in [0, 0.1) is 23.2 Å². The number of fused-ring (bicyclic) bond motifs is 1. The lowest BCUT2D eigenvalue weighted by Crippen LogP contribution is -2.50. The highest BCUT2D eigenvalue weighted by Crippen LogP contribution is 2.61. The molecule has 4 bridgehead atoms. The summed E-state index contributed by atoms with van der Waals surface area (Å²) in [5.41, 5.74) is 2.05. The number of Topliss-reactive ketones (excluding diaryl/α,β-unsaturated/α-hetero) is 1. The minimum Gasteiger partial charge on any atom is -0.344 e. The van der Waals surface area contributed by atoms with Crippen LogP contribution in [0.1, 0.15) is 48.9 Å². The van der Waals surface area contributed by atoms with Gasteiger partial charge in [-0.15, -0.1) is 0 Å². The average molecular weight is 360 g/mol. The number of nitrogens with one attached hydrogen (secondary N) is 1. The molecule has 0 radical (unpaired) electrons. The zero-order chi connectivity index (χ0) is 14.9. The summed E-state index contributed by atoms with van der Waals surface area (Å²) in [5, 5.41) is 0. The third-order valence-electron chi connectivity index (χ3n) is 6.12. The van der Waals surface area contributed by atoms with Crippen molar-refractivity contribution < 1.29 is 4.79 Å². The van der Waals surface area contributed by atoms with Crippen molar-refractivity contribution in [3.05, 3.63) is 22.6 Å². The van der Waals surface area contributed by atoms with E-state index in [0.717, 1.165) is 48.1 Å². The molecule has 2 aromatic rings. The van der Waals surface area contributed by atoms with Gasteiger partial charge in [0.15, 0.2) is 11.4 Å². The molecule has 22 heavy (non-hydrogen) atoms. The van der Waals surface area contributed by atoms with Gasteiger partial charge in [-0.05, 0) is 72.2 Å². The van der Waals surface area contributed by atoms with E-state index in [1.165, 1.54) is 19.3 Å². The summed E-state index contributed by atoms with van der Waals surface area (Å²) in [4.78, 5) is 25.3. The fourth-order valence-corrected chi connectivity index (χ4v) is 6.00. The number of halogens is 1. The van der Waals surface area contributed by atoms with Gasteiger partial charge in [0.2, 0.25) is 0 Å². The van der Waals surface area contributed by atoms with Gasteiger partial charge in [0.25, 0.3) is 0 Å². The van der Waals surface area contributed by atoms with E-state index in [1.807, 2.05) is 6.20 Å². The number of nitrogens with zero attached hydrogens (tertiary/aromatic N) is 2. The SMILES string of the molecule is O=C(c1c[nH]c2ncc(Br)nc12)C12CC3CC(CC(C3)C1)C2. The second-order valence-electron chi connectivity index (χ2n) is 7.62. The van der Waals surface area contributed by atoms with E-state index in [4.69, 9.17) is 0 Å². The Labute approximate surface area is 137 Å². The van der Waals surface area contributed by atoms with Crippen molar-refractivity contribution in [2.45, 2.75) is 38.5 Å². The number of hydrogen-bond acceptors (Lipinski definition) is 3. The zero-order valence-corrected chi connectivity index (χ0v) is 13.9. The third-order valence-corrected chi connectivity index (χ3v) is 6.50. The molecule has 5 heteroatoms. The maximum atomic E-state index is 13.4. The maximum absolute atomic E-state index is 13.4. The predicted molar refractivity (Wildman–Crippen MR) is 86.5 cm³/mol. The molecular weight excluding hydrogens is 342 g/mol. The lowest BCUT2D eigenvalue weighted by atomic mass is 9.48. The number of rotatable bonds is 2. The van der Waals surface area contributed by atoms with Crippen LogP contribution in [0.5, 0.6) is 0 Å². The molecule has 0 saturated heterocycles. The third kappa shape index (κ3) is 1.78. The van der Waals surface area contributed by atoms with Crippen molar-refractivity contribution in [3.63, 3.8) is 0 Å². The Bertz CT molecular complexity index is 746. The first-order chi connectivity index (χ1) is 10.6. The van der Waals surface area contributed by atoms with Crippen molar-refractivity contribution in [1.82, 2.24) is 15.0 Å². The van der Waals surface area contributed by atoms with Gasteiger partial charge in [0.05, 0.1) is 11.8 Å². The van der Waals surface area contributed by atoms with E-state index in [2.05, 4.69) is 30.9 Å². The van der Waals surface area contributed by atoms with Crippen molar-refractivity contribution in [3.8, 4) is 0 Å². The largest absolute Gasteiger partial charge is 0.344 e. The Hall–Kier alpha value is -1.23. The highest BCUT2D eigenvalue weighted by molar-refractivity contribution is 9.10. The molecule has 2 aromatic heterocycles. The Morgan fingerprint density at radius 2 is 1.82 bits per heavy atom. The molecule has 0 aromatic carbocycles. The van der Waals surface area contributed by atoms with Gasteiger partial charge in [-0.3, -0.25) is 4.79 Å². The Kier molecular flexibility index (Phi) is 2.65. The predicted octanol–water partition coefficient (Wildman–Crippen LogP) is 4.12. The minimum atomic E-state index is -0.117. The normalized spacial score (nSPS) is 36.1. The molecule has 1 N–H and O–H groups in total. The van der Waals surface area contributed by atoms with E-state index in [9.17, 15) is 4.79 Å². The molecular formula is C17H18BrN3O. The van der Waals surface area contributed by atoms with Crippen LogP contribution in [-0.2, 0) is 0 Å². The first-order valence-electron chi connectivity index (χ1n) is 8.17. The van der Waals surface area contributed by atoms with Crippen LogP contribution in [0.15, 0.2) is 17.0 Å².